The molecular formula is C20H21Cl2NO. The van der Waals surface area contributed by atoms with Crippen molar-refractivity contribution in [1.29, 1.82) is 0 Å². The number of halogens is 2. The van der Waals surface area contributed by atoms with E-state index in [1.54, 1.807) is 0 Å². The largest absolute Gasteiger partial charge is 0.349 e. The summed E-state index contributed by atoms with van der Waals surface area (Å²) in [4.78, 5) is 12.0. The van der Waals surface area contributed by atoms with Crippen molar-refractivity contribution in [3.05, 3.63) is 69.2 Å². The van der Waals surface area contributed by atoms with E-state index in [2.05, 4.69) is 23.5 Å². The van der Waals surface area contributed by atoms with Gasteiger partial charge >= 0.3 is 0 Å². The molecule has 0 aromatic heterocycles. The predicted molar refractivity (Wildman–Crippen MR) is 99.8 cm³/mol. The van der Waals surface area contributed by atoms with Gasteiger partial charge in [0, 0.05) is 12.3 Å². The zero-order chi connectivity index (χ0) is 17.1. The molecule has 1 aliphatic carbocycles. The fourth-order valence-corrected chi connectivity index (χ4v) is 3.82. The van der Waals surface area contributed by atoms with Crippen LogP contribution >= 0.6 is 23.2 Å². The number of hydrogen-bond donors (Lipinski definition) is 1. The highest BCUT2D eigenvalue weighted by atomic mass is 35.5. The molecule has 0 saturated heterocycles. The maximum Gasteiger partial charge on any atom is 0.220 e. The molecule has 2 nitrogen and oxygen atoms in total. The van der Waals surface area contributed by atoms with Crippen molar-refractivity contribution < 1.29 is 4.79 Å². The number of rotatable bonds is 4. The standard InChI is InChI=1S/C20H21Cl2NO/c1-2-5-20(24)23-19-11-9-14(15-6-3-4-7-16(15)19)13-8-10-17(21)18(22)12-13/h3-4,6-8,10,12,14,19H,2,5,9,11H2,1H3,(H,23,24)/t14-,19+/m0/s1. The first kappa shape index (κ1) is 17.3. The molecule has 0 unspecified atom stereocenters. The lowest BCUT2D eigenvalue weighted by atomic mass is 9.76. The third-order valence-electron chi connectivity index (χ3n) is 4.65. The molecule has 126 valence electrons. The van der Waals surface area contributed by atoms with Gasteiger partial charge in [0.2, 0.25) is 5.91 Å². The first-order valence-corrected chi connectivity index (χ1v) is 9.19. The summed E-state index contributed by atoms with van der Waals surface area (Å²) in [5.74, 6) is 0.417. The van der Waals surface area contributed by atoms with Gasteiger partial charge in [-0.15, -0.1) is 0 Å². The summed E-state index contributed by atoms with van der Waals surface area (Å²) < 4.78 is 0. The summed E-state index contributed by atoms with van der Waals surface area (Å²) in [6.45, 7) is 2.02. The summed E-state index contributed by atoms with van der Waals surface area (Å²) in [6, 6.07) is 14.3. The monoisotopic (exact) mass is 361 g/mol. The van der Waals surface area contributed by atoms with E-state index in [9.17, 15) is 4.79 Å². The van der Waals surface area contributed by atoms with E-state index in [-0.39, 0.29) is 17.9 Å². The second-order valence-electron chi connectivity index (χ2n) is 6.30. The minimum absolute atomic E-state index is 0.0965. The van der Waals surface area contributed by atoms with Crippen LogP contribution in [0.25, 0.3) is 0 Å². The molecule has 0 bridgehead atoms. The molecule has 24 heavy (non-hydrogen) atoms. The SMILES string of the molecule is CCCC(=O)N[C@@H]1CC[C@@H](c2ccc(Cl)c(Cl)c2)c2ccccc21. The van der Waals surface area contributed by atoms with Gasteiger partial charge in [-0.05, 0) is 48.1 Å². The summed E-state index contributed by atoms with van der Waals surface area (Å²) >= 11 is 12.3. The van der Waals surface area contributed by atoms with E-state index in [1.165, 1.54) is 16.7 Å². The zero-order valence-corrected chi connectivity index (χ0v) is 15.2. The second-order valence-corrected chi connectivity index (χ2v) is 7.12. The molecule has 1 N–H and O–H groups in total. The van der Waals surface area contributed by atoms with Crippen molar-refractivity contribution in [1.82, 2.24) is 5.32 Å². The van der Waals surface area contributed by atoms with Crippen molar-refractivity contribution in [2.45, 2.75) is 44.6 Å². The van der Waals surface area contributed by atoms with Crippen LogP contribution < -0.4 is 5.32 Å². The average molecular weight is 362 g/mol. The number of carbonyl (C=O) groups excluding carboxylic acids is 1. The summed E-state index contributed by atoms with van der Waals surface area (Å²) in [6.07, 6.45) is 3.35. The molecule has 2 aromatic carbocycles. The Morgan fingerprint density at radius 2 is 1.83 bits per heavy atom. The number of benzene rings is 2. The summed E-state index contributed by atoms with van der Waals surface area (Å²) in [5, 5.41) is 4.35. The minimum Gasteiger partial charge on any atom is -0.349 e. The quantitative estimate of drug-likeness (QED) is 0.723. The fourth-order valence-electron chi connectivity index (χ4n) is 3.51. The molecule has 2 atom stereocenters. The number of hydrogen-bond acceptors (Lipinski definition) is 1. The van der Waals surface area contributed by atoms with Crippen molar-refractivity contribution in [2.24, 2.45) is 0 Å². The number of amides is 1. The van der Waals surface area contributed by atoms with Gasteiger partial charge in [0.15, 0.2) is 0 Å². The van der Waals surface area contributed by atoms with Gasteiger partial charge in [0.25, 0.3) is 0 Å². The van der Waals surface area contributed by atoms with Gasteiger partial charge < -0.3 is 5.32 Å². The van der Waals surface area contributed by atoms with Crippen LogP contribution in [0.1, 0.15) is 61.3 Å². The van der Waals surface area contributed by atoms with Crippen molar-refractivity contribution >= 4 is 29.1 Å². The molecule has 0 saturated carbocycles. The second kappa shape index (κ2) is 7.58. The Hall–Kier alpha value is -1.51. The van der Waals surface area contributed by atoms with Gasteiger partial charge in [-0.2, -0.15) is 0 Å². The Balaban J connectivity index is 1.91. The van der Waals surface area contributed by atoms with Gasteiger partial charge in [0.1, 0.15) is 0 Å². The Kier molecular flexibility index (Phi) is 5.47. The van der Waals surface area contributed by atoms with E-state index in [0.29, 0.717) is 16.5 Å². The minimum atomic E-state index is 0.0965. The molecule has 0 fully saturated rings. The van der Waals surface area contributed by atoms with E-state index < -0.39 is 0 Å². The van der Waals surface area contributed by atoms with E-state index in [4.69, 9.17) is 23.2 Å². The molecule has 0 heterocycles. The smallest absolute Gasteiger partial charge is 0.220 e. The summed E-state index contributed by atoms with van der Waals surface area (Å²) in [7, 11) is 0. The zero-order valence-electron chi connectivity index (χ0n) is 13.7. The van der Waals surface area contributed by atoms with E-state index >= 15 is 0 Å². The third-order valence-corrected chi connectivity index (χ3v) is 5.39. The van der Waals surface area contributed by atoms with Crippen LogP contribution in [0.5, 0.6) is 0 Å². The lowest BCUT2D eigenvalue weighted by Crippen LogP contribution is -2.31. The lowest BCUT2D eigenvalue weighted by molar-refractivity contribution is -0.122. The fraction of sp³-hybridized carbons (Fsp3) is 0.350. The molecule has 2 aromatic rings. The topological polar surface area (TPSA) is 29.1 Å². The van der Waals surface area contributed by atoms with Crippen LogP contribution in [0.4, 0.5) is 0 Å². The highest BCUT2D eigenvalue weighted by Gasteiger charge is 2.28. The predicted octanol–water partition coefficient (Wildman–Crippen LogP) is 5.88. The summed E-state index contributed by atoms with van der Waals surface area (Å²) in [5.41, 5.74) is 3.66. The number of nitrogens with one attached hydrogen (secondary N) is 1. The van der Waals surface area contributed by atoms with E-state index in [0.717, 1.165) is 19.3 Å². The van der Waals surface area contributed by atoms with Crippen molar-refractivity contribution in [2.75, 3.05) is 0 Å². The molecule has 1 amide bonds. The van der Waals surface area contributed by atoms with Gasteiger partial charge in [-0.25, -0.2) is 0 Å². The van der Waals surface area contributed by atoms with E-state index in [1.807, 2.05) is 31.2 Å². The Labute approximate surface area is 153 Å². The Morgan fingerprint density at radius 3 is 2.54 bits per heavy atom. The molecule has 0 aliphatic heterocycles. The third kappa shape index (κ3) is 3.60. The van der Waals surface area contributed by atoms with Gasteiger partial charge in [0.05, 0.1) is 16.1 Å². The Morgan fingerprint density at radius 1 is 1.08 bits per heavy atom. The number of carbonyl (C=O) groups is 1. The van der Waals surface area contributed by atoms with Crippen LogP contribution in [0.3, 0.4) is 0 Å². The first-order valence-electron chi connectivity index (χ1n) is 8.43. The Bertz CT molecular complexity index is 744. The molecular weight excluding hydrogens is 341 g/mol. The molecule has 0 spiro atoms. The van der Waals surface area contributed by atoms with Crippen LogP contribution in [0, 0.1) is 0 Å². The lowest BCUT2D eigenvalue weighted by Gasteiger charge is -2.32. The first-order chi connectivity index (χ1) is 11.6. The highest BCUT2D eigenvalue weighted by molar-refractivity contribution is 6.42. The average Bonchev–Trinajstić information content (AvgIpc) is 2.58. The van der Waals surface area contributed by atoms with Crippen LogP contribution in [0.2, 0.25) is 10.0 Å². The molecule has 0 radical (unpaired) electrons. The van der Waals surface area contributed by atoms with Gasteiger partial charge in [-0.1, -0.05) is 60.5 Å². The van der Waals surface area contributed by atoms with Crippen LogP contribution in [0.15, 0.2) is 42.5 Å². The van der Waals surface area contributed by atoms with Crippen LogP contribution in [-0.2, 0) is 4.79 Å². The molecule has 3 rings (SSSR count). The number of fused-ring (bicyclic) bond motifs is 1. The van der Waals surface area contributed by atoms with Crippen molar-refractivity contribution in [3.8, 4) is 0 Å². The molecule has 4 heteroatoms. The molecule has 1 aliphatic rings. The van der Waals surface area contributed by atoms with Crippen molar-refractivity contribution in [3.63, 3.8) is 0 Å². The van der Waals surface area contributed by atoms with Crippen LogP contribution in [-0.4, -0.2) is 5.91 Å². The highest BCUT2D eigenvalue weighted by Crippen LogP contribution is 2.42. The maximum atomic E-state index is 12.0. The van der Waals surface area contributed by atoms with Gasteiger partial charge in [-0.3, -0.25) is 4.79 Å². The normalized spacial score (nSPS) is 19.6. The maximum absolute atomic E-state index is 12.0.